The number of ether oxygens (including phenoxy) is 1. The molecule has 0 fully saturated rings. The lowest BCUT2D eigenvalue weighted by Crippen LogP contribution is -2.42. The molecule has 0 bridgehead atoms. The van der Waals surface area contributed by atoms with Gasteiger partial charge < -0.3 is 15.2 Å². The topological polar surface area (TPSA) is 122 Å². The second kappa shape index (κ2) is 8.85. The zero-order valence-electron chi connectivity index (χ0n) is 12.9. The number of carbonyl (C=O) groups is 2. The minimum absolute atomic E-state index is 0.216. The maximum atomic E-state index is 12.2. The molecule has 1 aliphatic carbocycles. The first-order valence-electron chi connectivity index (χ1n) is 6.76. The zero-order valence-corrected chi connectivity index (χ0v) is 13.7. The van der Waals surface area contributed by atoms with Crippen LogP contribution >= 0.6 is 0 Å². The molecule has 0 aromatic carbocycles. The van der Waals surface area contributed by atoms with Gasteiger partial charge in [-0.2, -0.15) is 0 Å². The van der Waals surface area contributed by atoms with Crippen LogP contribution in [0.5, 0.6) is 0 Å². The first-order valence-corrected chi connectivity index (χ1v) is 8.24. The van der Waals surface area contributed by atoms with E-state index in [1.165, 1.54) is 30.4 Å². The molecule has 9 heteroatoms. The quantitative estimate of drug-likeness (QED) is 0.311. The highest BCUT2D eigenvalue weighted by molar-refractivity contribution is 7.93. The Balaban J connectivity index is 2.86. The van der Waals surface area contributed by atoms with Gasteiger partial charge in [-0.25, -0.2) is 13.1 Å². The Hall–Kier alpha value is -2.65. The van der Waals surface area contributed by atoms with Crippen molar-refractivity contribution in [3.63, 3.8) is 0 Å². The summed E-state index contributed by atoms with van der Waals surface area (Å²) in [5.74, 6) is -2.15. The average Bonchev–Trinajstić information content (AvgIpc) is 2.54. The van der Waals surface area contributed by atoms with Crippen LogP contribution in [0.15, 0.2) is 59.9 Å². The van der Waals surface area contributed by atoms with Crippen LogP contribution in [0.25, 0.3) is 0 Å². The van der Waals surface area contributed by atoms with Gasteiger partial charge in [-0.3, -0.25) is 9.59 Å². The van der Waals surface area contributed by atoms with Crippen LogP contribution in [-0.4, -0.2) is 39.1 Å². The molecule has 2 unspecified atom stereocenters. The number of allylic oxidation sites excluding steroid dienone is 4. The number of sulfonamides is 1. The average molecular weight is 354 g/mol. The lowest BCUT2D eigenvalue weighted by Gasteiger charge is -2.21. The minimum atomic E-state index is -4.00. The van der Waals surface area contributed by atoms with E-state index in [-0.39, 0.29) is 11.4 Å². The van der Waals surface area contributed by atoms with Gasteiger partial charge in [0.05, 0.1) is 22.6 Å². The Morgan fingerprint density at radius 1 is 1.29 bits per heavy atom. The number of hydrogen-bond donors (Lipinski definition) is 3. The van der Waals surface area contributed by atoms with Crippen molar-refractivity contribution < 1.29 is 27.9 Å². The lowest BCUT2D eigenvalue weighted by atomic mass is 9.96. The molecule has 24 heavy (non-hydrogen) atoms. The number of aliphatic carboxylic acids is 1. The van der Waals surface area contributed by atoms with E-state index in [1.807, 2.05) is 0 Å². The maximum Gasteiger partial charge on any atom is 0.312 e. The Labute approximate surface area is 139 Å². The van der Waals surface area contributed by atoms with Crippen molar-refractivity contribution in [3.05, 3.63) is 59.9 Å². The summed E-state index contributed by atoms with van der Waals surface area (Å²) in [6, 6.07) is -0.916. The number of hydrogen-bond acceptors (Lipinski definition) is 6. The van der Waals surface area contributed by atoms with E-state index in [9.17, 15) is 18.0 Å². The van der Waals surface area contributed by atoms with Gasteiger partial charge in [0.1, 0.15) is 6.26 Å². The Bertz CT molecular complexity index is 718. The second-order valence-corrected chi connectivity index (χ2v) is 6.40. The van der Waals surface area contributed by atoms with Gasteiger partial charge in [-0.15, -0.1) is 0 Å². The Morgan fingerprint density at radius 3 is 2.54 bits per heavy atom. The van der Waals surface area contributed by atoms with Crippen molar-refractivity contribution in [1.82, 2.24) is 10.0 Å². The zero-order chi connectivity index (χ0) is 18.2. The van der Waals surface area contributed by atoms with Crippen molar-refractivity contribution in [2.24, 2.45) is 5.92 Å². The first kappa shape index (κ1) is 19.4. The highest BCUT2D eigenvalue weighted by Crippen LogP contribution is 2.16. The van der Waals surface area contributed by atoms with Gasteiger partial charge in [0.2, 0.25) is 10.0 Å². The molecule has 0 aliphatic heterocycles. The van der Waals surface area contributed by atoms with Crippen LogP contribution in [-0.2, 0) is 24.3 Å². The molecule has 0 heterocycles. The summed E-state index contributed by atoms with van der Waals surface area (Å²) in [4.78, 5) is 21.0. The number of likely N-dealkylation sites (N-methyl/N-ethyl adjacent to an activating group) is 1. The molecule has 0 saturated carbocycles. The van der Waals surface area contributed by atoms with Gasteiger partial charge in [0, 0.05) is 7.05 Å². The second-order valence-electron chi connectivity index (χ2n) is 4.64. The normalized spacial score (nSPS) is 20.8. The molecule has 1 aliphatic rings. The smallest absolute Gasteiger partial charge is 0.312 e. The van der Waals surface area contributed by atoms with Crippen molar-refractivity contribution in [2.45, 2.75) is 6.04 Å². The molecule has 0 amide bonds. The largest absolute Gasteiger partial charge is 0.481 e. The number of carbonyl (C=O) groups excluding carboxylic acids is 1. The molecule has 3 N–H and O–H groups in total. The van der Waals surface area contributed by atoms with E-state index in [1.54, 1.807) is 13.1 Å². The fourth-order valence-electron chi connectivity index (χ4n) is 1.77. The summed E-state index contributed by atoms with van der Waals surface area (Å²) in [6.45, 7) is 3.67. The van der Waals surface area contributed by atoms with Crippen LogP contribution in [0.1, 0.15) is 0 Å². The summed E-state index contributed by atoms with van der Waals surface area (Å²) in [6.07, 6.45) is 9.56. The third-order valence-corrected chi connectivity index (χ3v) is 4.45. The molecule has 0 radical (unpaired) electrons. The summed E-state index contributed by atoms with van der Waals surface area (Å²) in [7, 11) is -2.44. The van der Waals surface area contributed by atoms with Crippen molar-refractivity contribution in [2.75, 3.05) is 7.05 Å². The number of nitrogens with one attached hydrogen (secondary N) is 2. The van der Waals surface area contributed by atoms with Gasteiger partial charge in [-0.05, 0) is 12.2 Å². The molecule has 8 nitrogen and oxygen atoms in total. The van der Waals surface area contributed by atoms with Crippen molar-refractivity contribution in [3.8, 4) is 0 Å². The molecular formula is C15H18N2O6S. The first-order chi connectivity index (χ1) is 11.3. The molecule has 2 atom stereocenters. The summed E-state index contributed by atoms with van der Waals surface area (Å²) < 4.78 is 31.2. The van der Waals surface area contributed by atoms with E-state index < -0.39 is 28.0 Å². The summed E-state index contributed by atoms with van der Waals surface area (Å²) >= 11 is 0. The van der Waals surface area contributed by atoms with E-state index in [4.69, 9.17) is 5.11 Å². The number of carboxylic acid groups (broad SMARTS) is 1. The molecule has 130 valence electrons. The third kappa shape index (κ3) is 5.52. The standard InChI is InChI=1S/C15H18N2O6S/c1-11(7-8-12(16-2)9-23-10-18)24(21,22)17-14-6-4-3-5-13(14)15(19)20/h3-10,13-14,16-17H,1H2,2H3,(H,19,20)/b8-7-,12-9-. The van der Waals surface area contributed by atoms with Crippen LogP contribution in [0.2, 0.25) is 0 Å². The monoisotopic (exact) mass is 354 g/mol. The van der Waals surface area contributed by atoms with Crippen LogP contribution in [0, 0.1) is 5.92 Å². The van der Waals surface area contributed by atoms with E-state index >= 15 is 0 Å². The van der Waals surface area contributed by atoms with Gasteiger partial charge in [-0.1, -0.05) is 30.9 Å². The van der Waals surface area contributed by atoms with Crippen LogP contribution < -0.4 is 10.0 Å². The van der Waals surface area contributed by atoms with E-state index in [2.05, 4.69) is 21.4 Å². The minimum Gasteiger partial charge on any atom is -0.481 e. The predicted octanol–water partition coefficient (Wildman–Crippen LogP) is 0.405. The Morgan fingerprint density at radius 2 is 1.96 bits per heavy atom. The fourth-order valence-corrected chi connectivity index (χ4v) is 2.75. The highest BCUT2D eigenvalue weighted by Gasteiger charge is 2.29. The molecule has 1 rings (SSSR count). The molecule has 0 spiro atoms. The van der Waals surface area contributed by atoms with Crippen molar-refractivity contribution in [1.29, 1.82) is 0 Å². The molecule has 0 aromatic rings. The number of rotatable bonds is 9. The molecule has 0 saturated heterocycles. The summed E-state index contributed by atoms with van der Waals surface area (Å²) in [5, 5.41) is 11.8. The van der Waals surface area contributed by atoms with Crippen LogP contribution in [0.4, 0.5) is 0 Å². The predicted molar refractivity (Wildman–Crippen MR) is 87.8 cm³/mol. The summed E-state index contributed by atoms with van der Waals surface area (Å²) in [5.41, 5.74) is 0.336. The van der Waals surface area contributed by atoms with Gasteiger partial charge in [0.15, 0.2) is 0 Å². The van der Waals surface area contributed by atoms with Crippen molar-refractivity contribution >= 4 is 22.5 Å². The van der Waals surface area contributed by atoms with E-state index in [0.717, 1.165) is 6.26 Å². The van der Waals surface area contributed by atoms with Gasteiger partial charge >= 0.3 is 5.97 Å². The van der Waals surface area contributed by atoms with E-state index in [0.29, 0.717) is 5.70 Å². The third-order valence-electron chi connectivity index (χ3n) is 3.04. The van der Waals surface area contributed by atoms with Crippen LogP contribution in [0.3, 0.4) is 0 Å². The maximum absolute atomic E-state index is 12.2. The molecule has 0 aromatic heterocycles. The number of carboxylic acids is 1. The lowest BCUT2D eigenvalue weighted by molar-refractivity contribution is -0.140. The van der Waals surface area contributed by atoms with Gasteiger partial charge in [0.25, 0.3) is 6.47 Å². The molecular weight excluding hydrogens is 336 g/mol. The highest BCUT2D eigenvalue weighted by atomic mass is 32.2. The SMILES string of the molecule is C=C(/C=C\C(=C\OC=O)NC)S(=O)(=O)NC1C=CC=CC1C(=O)O. The fraction of sp³-hybridized carbons (Fsp3) is 0.200. The Kier molecular flexibility index (Phi) is 7.15.